The van der Waals surface area contributed by atoms with Crippen molar-refractivity contribution in [1.82, 2.24) is 4.90 Å². The van der Waals surface area contributed by atoms with Gasteiger partial charge >= 0.3 is 17.9 Å². The molecule has 0 heterocycles. The van der Waals surface area contributed by atoms with Crippen LogP contribution in [0.25, 0.3) is 0 Å². The zero-order valence-corrected chi connectivity index (χ0v) is 36.4. The molecule has 0 aliphatic rings. The standard InChI is InChI=1S/C45H87NO8/c1-8-13-18-20-22-29-41(47)51-35-45(36-52-42(48)30-23-21-19-14-9-2,37-53-43(49)31-24-25-34-46(6)7)38-54-44(50)33-32-40(28-17-12-5)39(26-15-10-3)27-16-11-4/h39-40,44,50H,8-38H2,1-7H3. The molecule has 9 heteroatoms. The lowest BCUT2D eigenvalue weighted by molar-refractivity contribution is -0.182. The Kier molecular flexibility index (Phi) is 34.6. The van der Waals surface area contributed by atoms with E-state index in [2.05, 4.69) is 39.5 Å². The first kappa shape index (κ1) is 52.3. The molecule has 0 saturated carbocycles. The van der Waals surface area contributed by atoms with Crippen LogP contribution in [0.1, 0.15) is 202 Å². The maximum Gasteiger partial charge on any atom is 0.305 e. The molecule has 0 bridgehead atoms. The maximum atomic E-state index is 12.9. The second kappa shape index (κ2) is 35.7. The van der Waals surface area contributed by atoms with E-state index in [1.54, 1.807) is 0 Å². The smallest absolute Gasteiger partial charge is 0.305 e. The number of carbonyl (C=O) groups is 3. The van der Waals surface area contributed by atoms with Gasteiger partial charge in [0.25, 0.3) is 0 Å². The maximum absolute atomic E-state index is 12.9. The molecule has 2 unspecified atom stereocenters. The Balaban J connectivity index is 5.97. The summed E-state index contributed by atoms with van der Waals surface area (Å²) in [5.74, 6) is 0.140. The summed E-state index contributed by atoms with van der Waals surface area (Å²) in [6, 6.07) is 0. The first-order valence-electron chi connectivity index (χ1n) is 22.5. The number of unbranched alkanes of at least 4 members (excludes halogenated alkanes) is 12. The van der Waals surface area contributed by atoms with Crippen molar-refractivity contribution in [2.24, 2.45) is 17.3 Å². The van der Waals surface area contributed by atoms with Crippen LogP contribution in [0.2, 0.25) is 0 Å². The fraction of sp³-hybridized carbons (Fsp3) is 0.933. The number of esters is 3. The van der Waals surface area contributed by atoms with Crippen LogP contribution >= 0.6 is 0 Å². The predicted octanol–water partition coefficient (Wildman–Crippen LogP) is 11.0. The lowest BCUT2D eigenvalue weighted by atomic mass is 9.78. The number of nitrogens with zero attached hydrogens (tertiary/aromatic N) is 1. The molecule has 0 rings (SSSR count). The minimum atomic E-state index is -1.15. The van der Waals surface area contributed by atoms with E-state index >= 15 is 0 Å². The van der Waals surface area contributed by atoms with Crippen LogP contribution in [0.5, 0.6) is 0 Å². The Morgan fingerprint density at radius 2 is 0.852 bits per heavy atom. The Labute approximate surface area is 332 Å². The molecular formula is C45H87NO8. The summed E-state index contributed by atoms with van der Waals surface area (Å²) in [4.78, 5) is 40.9. The zero-order valence-electron chi connectivity index (χ0n) is 36.4. The van der Waals surface area contributed by atoms with Crippen molar-refractivity contribution in [2.45, 2.75) is 208 Å². The number of aliphatic hydroxyl groups excluding tert-OH is 1. The Morgan fingerprint density at radius 3 is 1.24 bits per heavy atom. The first-order chi connectivity index (χ1) is 26.1. The summed E-state index contributed by atoms with van der Waals surface area (Å²) in [5.41, 5.74) is -1.15. The van der Waals surface area contributed by atoms with Gasteiger partial charge in [-0.2, -0.15) is 0 Å². The number of carbonyl (C=O) groups excluding carboxylic acids is 3. The summed E-state index contributed by atoms with van der Waals surface area (Å²) in [6.45, 7) is 11.4. The molecular weight excluding hydrogens is 682 g/mol. The van der Waals surface area contributed by atoms with E-state index in [0.29, 0.717) is 37.5 Å². The van der Waals surface area contributed by atoms with Crippen LogP contribution in [-0.2, 0) is 33.3 Å². The highest BCUT2D eigenvalue weighted by Gasteiger charge is 2.37. The Hall–Kier alpha value is -1.71. The van der Waals surface area contributed by atoms with Crippen molar-refractivity contribution in [1.29, 1.82) is 0 Å². The van der Waals surface area contributed by atoms with Gasteiger partial charge in [0.05, 0.1) is 12.0 Å². The first-order valence-corrected chi connectivity index (χ1v) is 22.5. The number of hydrogen-bond donors (Lipinski definition) is 1. The van der Waals surface area contributed by atoms with E-state index in [0.717, 1.165) is 96.4 Å². The van der Waals surface area contributed by atoms with Crippen molar-refractivity contribution in [2.75, 3.05) is 47.1 Å². The quantitative estimate of drug-likeness (QED) is 0.0283. The molecule has 1 N–H and O–H groups in total. The summed E-state index contributed by atoms with van der Waals surface area (Å²) >= 11 is 0. The molecule has 0 aliphatic carbocycles. The molecule has 0 radical (unpaired) electrons. The topological polar surface area (TPSA) is 112 Å². The van der Waals surface area contributed by atoms with Crippen LogP contribution < -0.4 is 0 Å². The Bertz CT molecular complexity index is 859. The van der Waals surface area contributed by atoms with Crippen molar-refractivity contribution in [3.63, 3.8) is 0 Å². The molecule has 0 spiro atoms. The van der Waals surface area contributed by atoms with Crippen LogP contribution in [0.3, 0.4) is 0 Å². The van der Waals surface area contributed by atoms with E-state index in [9.17, 15) is 19.5 Å². The molecule has 0 aromatic rings. The van der Waals surface area contributed by atoms with Crippen LogP contribution in [0, 0.1) is 17.3 Å². The SMILES string of the molecule is CCCCCCCC(=O)OCC(COC(=O)CCCCCCC)(COC(=O)CCCCN(C)C)COC(O)CCC(CCCC)C(CCCC)CCCC. The average molecular weight is 770 g/mol. The molecule has 0 aromatic heterocycles. The van der Waals surface area contributed by atoms with Gasteiger partial charge < -0.3 is 29.0 Å². The molecule has 54 heavy (non-hydrogen) atoms. The van der Waals surface area contributed by atoms with Gasteiger partial charge in [-0.15, -0.1) is 0 Å². The molecule has 9 nitrogen and oxygen atoms in total. The largest absolute Gasteiger partial charge is 0.465 e. The highest BCUT2D eigenvalue weighted by molar-refractivity contribution is 5.70. The Morgan fingerprint density at radius 1 is 0.481 bits per heavy atom. The fourth-order valence-electron chi connectivity index (χ4n) is 6.95. The van der Waals surface area contributed by atoms with E-state index in [-0.39, 0.29) is 50.8 Å². The number of hydrogen-bond acceptors (Lipinski definition) is 9. The second-order valence-electron chi connectivity index (χ2n) is 16.4. The molecule has 320 valence electrons. The van der Waals surface area contributed by atoms with Crippen LogP contribution in [-0.4, -0.2) is 81.3 Å². The van der Waals surface area contributed by atoms with Gasteiger partial charge in [-0.25, -0.2) is 0 Å². The van der Waals surface area contributed by atoms with Gasteiger partial charge in [0.15, 0.2) is 6.29 Å². The van der Waals surface area contributed by atoms with Gasteiger partial charge in [-0.3, -0.25) is 14.4 Å². The lowest BCUT2D eigenvalue weighted by Gasteiger charge is -2.33. The predicted molar refractivity (Wildman–Crippen MR) is 221 cm³/mol. The van der Waals surface area contributed by atoms with Crippen molar-refractivity contribution < 1.29 is 38.4 Å². The summed E-state index contributed by atoms with van der Waals surface area (Å²) in [7, 11) is 4.01. The highest BCUT2D eigenvalue weighted by atomic mass is 16.6. The molecule has 0 fully saturated rings. The second-order valence-corrected chi connectivity index (χ2v) is 16.4. The summed E-state index contributed by atoms with van der Waals surface area (Å²) < 4.78 is 23.6. The van der Waals surface area contributed by atoms with Gasteiger partial charge in [-0.05, 0) is 71.0 Å². The summed E-state index contributed by atoms with van der Waals surface area (Å²) in [5, 5.41) is 11.3. The molecule has 2 atom stereocenters. The summed E-state index contributed by atoms with van der Waals surface area (Å²) in [6.07, 6.45) is 23.6. The van der Waals surface area contributed by atoms with E-state index in [1.165, 1.54) is 44.9 Å². The average Bonchev–Trinajstić information content (AvgIpc) is 3.16. The lowest BCUT2D eigenvalue weighted by Crippen LogP contribution is -2.44. The monoisotopic (exact) mass is 770 g/mol. The van der Waals surface area contributed by atoms with Gasteiger partial charge in [0.2, 0.25) is 0 Å². The van der Waals surface area contributed by atoms with Gasteiger partial charge in [-0.1, -0.05) is 144 Å². The highest BCUT2D eigenvalue weighted by Crippen LogP contribution is 2.33. The minimum Gasteiger partial charge on any atom is -0.465 e. The fourth-order valence-corrected chi connectivity index (χ4v) is 6.95. The molecule has 0 saturated heterocycles. The minimum absolute atomic E-state index is 0.0790. The third-order valence-electron chi connectivity index (χ3n) is 10.6. The number of ether oxygens (including phenoxy) is 4. The molecule has 0 aliphatic heterocycles. The molecule has 0 aromatic carbocycles. The van der Waals surface area contributed by atoms with Crippen LogP contribution in [0.4, 0.5) is 0 Å². The van der Waals surface area contributed by atoms with Gasteiger partial charge in [0.1, 0.15) is 19.8 Å². The third kappa shape index (κ3) is 29.6. The number of aliphatic hydroxyl groups is 1. The van der Waals surface area contributed by atoms with E-state index < -0.39 is 11.7 Å². The third-order valence-corrected chi connectivity index (χ3v) is 10.6. The zero-order chi connectivity index (χ0) is 40.3. The normalized spacial score (nSPS) is 13.0. The van der Waals surface area contributed by atoms with Crippen LogP contribution in [0.15, 0.2) is 0 Å². The van der Waals surface area contributed by atoms with Crippen molar-refractivity contribution in [3.05, 3.63) is 0 Å². The van der Waals surface area contributed by atoms with E-state index in [4.69, 9.17) is 18.9 Å². The number of rotatable bonds is 39. The molecule has 0 amide bonds. The van der Waals surface area contributed by atoms with Gasteiger partial charge in [0, 0.05) is 19.3 Å². The van der Waals surface area contributed by atoms with E-state index in [1.807, 2.05) is 14.1 Å². The van der Waals surface area contributed by atoms with Crippen molar-refractivity contribution >= 4 is 17.9 Å². The van der Waals surface area contributed by atoms with Crippen molar-refractivity contribution in [3.8, 4) is 0 Å².